The molecule has 0 saturated carbocycles. The summed E-state index contributed by atoms with van der Waals surface area (Å²) in [6, 6.07) is -1.99. The number of rotatable bonds is 11. The van der Waals surface area contributed by atoms with Crippen molar-refractivity contribution in [3.63, 3.8) is 0 Å². The van der Waals surface area contributed by atoms with E-state index in [0.29, 0.717) is 0 Å². The fraction of sp³-hybridized carbons (Fsp3) is 0.667. The Kier molecular flexibility index (Phi) is 15.1. The second-order valence-corrected chi connectivity index (χ2v) is 4.87. The van der Waals surface area contributed by atoms with Crippen LogP contribution >= 0.6 is 16.3 Å². The van der Waals surface area contributed by atoms with Crippen molar-refractivity contribution in [1.29, 1.82) is 0 Å². The van der Waals surface area contributed by atoms with Gasteiger partial charge >= 0.3 is 17.9 Å². The first-order chi connectivity index (χ1) is 11.1. The fourth-order valence-corrected chi connectivity index (χ4v) is 1.36. The SMILES string of the molecule is N[C@@H](CCO)C(=O)O.O=C(O)CCC(=O)N[C@@H](CCOBr)C(=O)O. The Bertz CT molecular complexity index is 419. The number of aliphatic hydroxyl groups excluding tert-OH is 1. The topological polar surface area (TPSA) is 196 Å². The van der Waals surface area contributed by atoms with Crippen molar-refractivity contribution in [3.8, 4) is 0 Å². The van der Waals surface area contributed by atoms with Gasteiger partial charge in [-0.2, -0.15) is 0 Å². The number of amides is 1. The molecular weight excluding hydrogens is 396 g/mol. The molecule has 0 aliphatic rings. The lowest BCUT2D eigenvalue weighted by Crippen LogP contribution is -2.41. The molecule has 0 bridgehead atoms. The highest BCUT2D eigenvalue weighted by Gasteiger charge is 2.19. The highest BCUT2D eigenvalue weighted by atomic mass is 79.9. The summed E-state index contributed by atoms with van der Waals surface area (Å²) in [4.78, 5) is 41.8. The van der Waals surface area contributed by atoms with E-state index in [-0.39, 0.29) is 38.9 Å². The molecule has 0 aromatic carbocycles. The predicted octanol–water partition coefficient (Wildman–Crippen LogP) is -1.08. The Morgan fingerprint density at radius 2 is 1.62 bits per heavy atom. The number of nitrogens with one attached hydrogen (secondary N) is 1. The number of carboxylic acid groups (broad SMARTS) is 3. The van der Waals surface area contributed by atoms with Gasteiger partial charge in [0.2, 0.25) is 5.91 Å². The first-order valence-electron chi connectivity index (χ1n) is 6.72. The second kappa shape index (κ2) is 14.8. The molecule has 24 heavy (non-hydrogen) atoms. The standard InChI is InChI=1S/C8H12BrNO6.C4H9NO3/c9-16-4-3-5(8(14)15)10-6(11)1-2-7(12)13;5-3(1-2-6)4(7)8/h5H,1-4H2,(H,10,11)(H,12,13)(H,14,15);3,6H,1-2,5H2,(H,7,8)/t5-;3-/m00/s1. The summed E-state index contributed by atoms with van der Waals surface area (Å²) in [5.41, 5.74) is 4.97. The van der Waals surface area contributed by atoms with E-state index in [4.69, 9.17) is 26.2 Å². The van der Waals surface area contributed by atoms with E-state index in [1.165, 1.54) is 0 Å². The molecular formula is C12H21BrN2O9. The predicted molar refractivity (Wildman–Crippen MR) is 83.2 cm³/mol. The molecule has 0 aliphatic heterocycles. The van der Waals surface area contributed by atoms with Gasteiger partial charge in [0, 0.05) is 19.4 Å². The van der Waals surface area contributed by atoms with Gasteiger partial charge in [-0.05, 0) is 6.42 Å². The van der Waals surface area contributed by atoms with Crippen LogP contribution in [0.4, 0.5) is 0 Å². The average molecular weight is 417 g/mol. The van der Waals surface area contributed by atoms with Crippen LogP contribution in [0.5, 0.6) is 0 Å². The number of halogens is 1. The molecule has 2 atom stereocenters. The number of aliphatic hydroxyl groups is 1. The zero-order valence-electron chi connectivity index (χ0n) is 12.7. The second-order valence-electron chi connectivity index (χ2n) is 4.41. The van der Waals surface area contributed by atoms with Gasteiger partial charge in [-0.25, -0.2) is 4.79 Å². The van der Waals surface area contributed by atoms with E-state index in [1.54, 1.807) is 0 Å². The van der Waals surface area contributed by atoms with Crippen LogP contribution in [0, 0.1) is 0 Å². The van der Waals surface area contributed by atoms with Crippen LogP contribution in [0.15, 0.2) is 0 Å². The summed E-state index contributed by atoms with van der Waals surface area (Å²) < 4.78 is 4.51. The minimum atomic E-state index is -1.19. The van der Waals surface area contributed by atoms with Gasteiger partial charge in [0.25, 0.3) is 0 Å². The first-order valence-corrected chi connectivity index (χ1v) is 7.37. The van der Waals surface area contributed by atoms with Crippen LogP contribution < -0.4 is 11.1 Å². The third-order valence-electron chi connectivity index (χ3n) is 2.44. The molecule has 1 amide bonds. The Morgan fingerprint density at radius 1 is 1.04 bits per heavy atom. The van der Waals surface area contributed by atoms with Crippen molar-refractivity contribution in [2.24, 2.45) is 5.73 Å². The monoisotopic (exact) mass is 416 g/mol. The Balaban J connectivity index is 0. The molecule has 0 radical (unpaired) electrons. The summed E-state index contributed by atoms with van der Waals surface area (Å²) in [5.74, 6) is -3.97. The Morgan fingerprint density at radius 3 is 1.96 bits per heavy atom. The van der Waals surface area contributed by atoms with Crippen molar-refractivity contribution in [3.05, 3.63) is 0 Å². The maximum Gasteiger partial charge on any atom is 0.326 e. The van der Waals surface area contributed by atoms with Gasteiger partial charge in [0.1, 0.15) is 12.1 Å². The van der Waals surface area contributed by atoms with Gasteiger partial charge in [-0.1, -0.05) is 0 Å². The summed E-state index contributed by atoms with van der Waals surface area (Å²) in [6.07, 6.45) is -0.351. The zero-order valence-corrected chi connectivity index (χ0v) is 14.3. The largest absolute Gasteiger partial charge is 0.481 e. The van der Waals surface area contributed by atoms with Crippen molar-refractivity contribution < 1.29 is 43.4 Å². The molecule has 11 nitrogen and oxygen atoms in total. The van der Waals surface area contributed by atoms with Gasteiger partial charge in [0.15, 0.2) is 0 Å². The summed E-state index contributed by atoms with van der Waals surface area (Å²) in [5, 5.41) is 35.5. The number of aliphatic carboxylic acids is 3. The maximum atomic E-state index is 11.1. The summed E-state index contributed by atoms with van der Waals surface area (Å²) >= 11 is 2.66. The minimum Gasteiger partial charge on any atom is -0.481 e. The quantitative estimate of drug-likeness (QED) is 0.240. The summed E-state index contributed by atoms with van der Waals surface area (Å²) in [6.45, 7) is -0.0519. The molecule has 0 aliphatic carbocycles. The molecule has 0 spiro atoms. The number of carboxylic acids is 3. The van der Waals surface area contributed by atoms with Crippen molar-refractivity contribution in [2.75, 3.05) is 13.2 Å². The number of carbonyl (C=O) groups excluding carboxylic acids is 1. The minimum absolute atomic E-state index is 0.0966. The van der Waals surface area contributed by atoms with Crippen LogP contribution in [-0.2, 0) is 23.0 Å². The highest BCUT2D eigenvalue weighted by Crippen LogP contribution is 1.98. The van der Waals surface area contributed by atoms with E-state index in [1.807, 2.05) is 0 Å². The third-order valence-corrected chi connectivity index (χ3v) is 2.76. The Labute approximate surface area is 146 Å². The number of nitrogens with two attached hydrogens (primary N) is 1. The zero-order chi connectivity index (χ0) is 19.1. The molecule has 0 rings (SSSR count). The number of carbonyl (C=O) groups is 4. The maximum absolute atomic E-state index is 11.1. The molecule has 0 unspecified atom stereocenters. The lowest BCUT2D eigenvalue weighted by Gasteiger charge is -2.12. The van der Waals surface area contributed by atoms with Crippen LogP contribution in [-0.4, -0.2) is 69.5 Å². The van der Waals surface area contributed by atoms with Crippen molar-refractivity contribution in [1.82, 2.24) is 5.32 Å². The normalized spacial score (nSPS) is 12.3. The van der Waals surface area contributed by atoms with Gasteiger partial charge in [-0.15, -0.1) is 0 Å². The van der Waals surface area contributed by atoms with E-state index in [2.05, 4.69) is 25.4 Å². The number of hydrogen-bond donors (Lipinski definition) is 6. The van der Waals surface area contributed by atoms with Crippen molar-refractivity contribution >= 4 is 40.1 Å². The number of hydrogen-bond acceptors (Lipinski definition) is 7. The Hall–Kier alpha value is -1.76. The molecule has 140 valence electrons. The lowest BCUT2D eigenvalue weighted by molar-refractivity contribution is -0.142. The van der Waals surface area contributed by atoms with E-state index in [9.17, 15) is 19.2 Å². The molecule has 0 saturated heterocycles. The molecule has 0 heterocycles. The van der Waals surface area contributed by atoms with Crippen LogP contribution in [0.1, 0.15) is 25.7 Å². The van der Waals surface area contributed by atoms with Crippen LogP contribution in [0.3, 0.4) is 0 Å². The van der Waals surface area contributed by atoms with Gasteiger partial charge in [-0.3, -0.25) is 14.4 Å². The van der Waals surface area contributed by atoms with Gasteiger partial charge in [0.05, 0.1) is 29.3 Å². The smallest absolute Gasteiger partial charge is 0.326 e. The van der Waals surface area contributed by atoms with Crippen LogP contribution in [0.2, 0.25) is 0 Å². The van der Waals surface area contributed by atoms with E-state index in [0.717, 1.165) is 0 Å². The van der Waals surface area contributed by atoms with Gasteiger partial charge < -0.3 is 35.3 Å². The van der Waals surface area contributed by atoms with E-state index < -0.39 is 35.9 Å². The first kappa shape index (κ1) is 24.5. The molecule has 0 fully saturated rings. The molecule has 0 aromatic rings. The fourth-order valence-electron chi connectivity index (χ4n) is 1.17. The molecule has 7 N–H and O–H groups in total. The summed E-state index contributed by atoms with van der Waals surface area (Å²) in [7, 11) is 0. The molecule has 0 aromatic heterocycles. The van der Waals surface area contributed by atoms with E-state index >= 15 is 0 Å². The molecule has 12 heteroatoms. The highest BCUT2D eigenvalue weighted by molar-refractivity contribution is 9.06. The average Bonchev–Trinajstić information content (AvgIpc) is 2.49. The van der Waals surface area contributed by atoms with Crippen LogP contribution in [0.25, 0.3) is 0 Å². The third kappa shape index (κ3) is 15.1. The van der Waals surface area contributed by atoms with Crippen molar-refractivity contribution in [2.45, 2.75) is 37.8 Å². The lowest BCUT2D eigenvalue weighted by atomic mass is 10.2.